The van der Waals surface area contributed by atoms with Crippen LogP contribution in [-0.4, -0.2) is 36.6 Å². The van der Waals surface area contributed by atoms with Gasteiger partial charge < -0.3 is 9.47 Å². The first-order chi connectivity index (χ1) is 16.8. The normalized spacial score (nSPS) is 19.5. The number of benzene rings is 1. The highest BCUT2D eigenvalue weighted by atomic mass is 19.4. The summed E-state index contributed by atoms with van der Waals surface area (Å²) in [5, 5.41) is 0.571. The van der Waals surface area contributed by atoms with Gasteiger partial charge >= 0.3 is 6.18 Å². The van der Waals surface area contributed by atoms with E-state index in [9.17, 15) is 18.0 Å². The van der Waals surface area contributed by atoms with E-state index in [1.807, 2.05) is 6.07 Å². The Morgan fingerprint density at radius 2 is 1.83 bits per heavy atom. The molecule has 1 aromatic carbocycles. The molecule has 3 aromatic rings. The van der Waals surface area contributed by atoms with Crippen LogP contribution in [0.1, 0.15) is 59.5 Å². The first-order valence-electron chi connectivity index (χ1n) is 11.8. The van der Waals surface area contributed by atoms with Gasteiger partial charge in [-0.25, -0.2) is 4.98 Å². The van der Waals surface area contributed by atoms with Crippen LogP contribution in [0.15, 0.2) is 48.8 Å². The number of pyridine rings is 2. The van der Waals surface area contributed by atoms with Crippen molar-refractivity contribution in [3.05, 3.63) is 65.5 Å². The molecule has 1 aliphatic rings. The molecule has 8 heteroatoms. The van der Waals surface area contributed by atoms with Crippen molar-refractivity contribution in [2.75, 3.05) is 20.8 Å². The van der Waals surface area contributed by atoms with E-state index in [4.69, 9.17) is 9.47 Å². The van der Waals surface area contributed by atoms with Crippen LogP contribution < -0.4 is 4.74 Å². The molecule has 35 heavy (non-hydrogen) atoms. The van der Waals surface area contributed by atoms with E-state index in [0.29, 0.717) is 41.3 Å². The molecule has 1 saturated carbocycles. The van der Waals surface area contributed by atoms with Crippen LogP contribution in [0.4, 0.5) is 13.2 Å². The Labute approximate surface area is 202 Å². The minimum Gasteiger partial charge on any atom is -0.481 e. The number of nitrogens with zero attached hydrogens (tertiary/aromatic N) is 2. The molecule has 0 bridgehead atoms. The third-order valence-electron chi connectivity index (χ3n) is 7.08. The van der Waals surface area contributed by atoms with Crippen LogP contribution in [0.5, 0.6) is 5.88 Å². The summed E-state index contributed by atoms with van der Waals surface area (Å²) in [5.41, 5.74) is 1.39. The number of methoxy groups -OCH3 is 2. The van der Waals surface area contributed by atoms with Crippen LogP contribution in [0.25, 0.3) is 10.9 Å². The predicted molar refractivity (Wildman–Crippen MR) is 127 cm³/mol. The van der Waals surface area contributed by atoms with Gasteiger partial charge in [0.1, 0.15) is 0 Å². The number of carbonyl (C=O) groups is 1. The number of halogens is 3. The highest BCUT2D eigenvalue weighted by Gasteiger charge is 2.33. The summed E-state index contributed by atoms with van der Waals surface area (Å²) < 4.78 is 50.4. The lowest BCUT2D eigenvalue weighted by molar-refractivity contribution is -0.137. The van der Waals surface area contributed by atoms with Gasteiger partial charge in [0.05, 0.1) is 18.2 Å². The summed E-state index contributed by atoms with van der Waals surface area (Å²) in [6.07, 6.45) is 2.64. The van der Waals surface area contributed by atoms with Crippen molar-refractivity contribution >= 4 is 16.7 Å². The summed E-state index contributed by atoms with van der Waals surface area (Å²) >= 11 is 0. The largest absolute Gasteiger partial charge is 0.481 e. The zero-order chi connectivity index (χ0) is 25.0. The smallest absolute Gasteiger partial charge is 0.416 e. The fourth-order valence-corrected chi connectivity index (χ4v) is 5.20. The first-order valence-corrected chi connectivity index (χ1v) is 11.8. The monoisotopic (exact) mass is 486 g/mol. The highest BCUT2D eigenvalue weighted by Crippen LogP contribution is 2.42. The molecule has 1 atom stereocenters. The lowest BCUT2D eigenvalue weighted by Gasteiger charge is -2.34. The molecule has 0 amide bonds. The molecule has 0 aliphatic heterocycles. The number of carbonyl (C=O) groups excluding carboxylic acids is 1. The molecule has 2 heterocycles. The SMILES string of the molecule is COC[C@H](CC(=O)c1ccc(OC)nc1)C1CCC(c2ccnc3ccc(C(F)(F)F)cc23)CC1. The Bertz CT molecular complexity index is 1160. The Morgan fingerprint density at radius 1 is 1.06 bits per heavy atom. The predicted octanol–water partition coefficient (Wildman–Crippen LogP) is 6.47. The zero-order valence-corrected chi connectivity index (χ0v) is 19.8. The van der Waals surface area contributed by atoms with E-state index >= 15 is 0 Å². The molecule has 5 nitrogen and oxygen atoms in total. The van der Waals surface area contributed by atoms with E-state index in [1.165, 1.54) is 25.4 Å². The van der Waals surface area contributed by atoms with Crippen LogP contribution >= 0.6 is 0 Å². The maximum Gasteiger partial charge on any atom is 0.416 e. The number of rotatable bonds is 8. The molecule has 1 aliphatic carbocycles. The lowest BCUT2D eigenvalue weighted by Crippen LogP contribution is -2.26. The number of fused-ring (bicyclic) bond motifs is 1. The average Bonchev–Trinajstić information content (AvgIpc) is 2.87. The van der Waals surface area contributed by atoms with Crippen molar-refractivity contribution in [3.8, 4) is 5.88 Å². The molecular formula is C27H29F3N2O3. The molecule has 0 saturated heterocycles. The fraction of sp³-hybridized carbons (Fsp3) is 0.444. The number of hydrogen-bond donors (Lipinski definition) is 0. The molecule has 2 aromatic heterocycles. The van der Waals surface area contributed by atoms with Gasteiger partial charge in [-0.1, -0.05) is 0 Å². The second kappa shape index (κ2) is 10.7. The van der Waals surface area contributed by atoms with Crippen molar-refractivity contribution < 1.29 is 27.4 Å². The van der Waals surface area contributed by atoms with Gasteiger partial charge in [-0.05, 0) is 79.3 Å². The van der Waals surface area contributed by atoms with E-state index in [-0.39, 0.29) is 17.6 Å². The van der Waals surface area contributed by atoms with Crippen molar-refractivity contribution in [2.24, 2.45) is 11.8 Å². The number of hydrogen-bond acceptors (Lipinski definition) is 5. The van der Waals surface area contributed by atoms with Crippen LogP contribution in [0.3, 0.4) is 0 Å². The zero-order valence-electron chi connectivity index (χ0n) is 19.8. The lowest BCUT2D eigenvalue weighted by atomic mass is 9.72. The molecule has 1 fully saturated rings. The number of alkyl halides is 3. The Morgan fingerprint density at radius 3 is 2.46 bits per heavy atom. The van der Waals surface area contributed by atoms with Gasteiger partial charge in [0.25, 0.3) is 0 Å². The third kappa shape index (κ3) is 5.81. The van der Waals surface area contributed by atoms with Crippen molar-refractivity contribution in [2.45, 2.75) is 44.2 Å². The molecule has 186 valence electrons. The van der Waals surface area contributed by atoms with Crippen LogP contribution in [-0.2, 0) is 10.9 Å². The third-order valence-corrected chi connectivity index (χ3v) is 7.08. The first kappa shape index (κ1) is 25.1. The van der Waals surface area contributed by atoms with E-state index < -0.39 is 11.7 Å². The summed E-state index contributed by atoms with van der Waals surface area (Å²) in [5.74, 6) is 1.01. The topological polar surface area (TPSA) is 61.3 Å². The Kier molecular flexibility index (Phi) is 7.69. The molecule has 0 unspecified atom stereocenters. The summed E-state index contributed by atoms with van der Waals surface area (Å²) in [6.45, 7) is 0.484. The van der Waals surface area contributed by atoms with Crippen molar-refractivity contribution in [3.63, 3.8) is 0 Å². The summed E-state index contributed by atoms with van der Waals surface area (Å²) in [7, 11) is 3.16. The number of Topliss-reactive ketones (excluding diaryl/α,β-unsaturated/α-hetero) is 1. The fourth-order valence-electron chi connectivity index (χ4n) is 5.20. The minimum atomic E-state index is -4.39. The molecule has 0 spiro atoms. The second-order valence-corrected chi connectivity index (χ2v) is 9.17. The van der Waals surface area contributed by atoms with Gasteiger partial charge in [-0.2, -0.15) is 13.2 Å². The molecule has 4 rings (SSSR count). The van der Waals surface area contributed by atoms with Gasteiger partial charge in [-0.3, -0.25) is 9.78 Å². The van der Waals surface area contributed by atoms with E-state index in [1.54, 1.807) is 25.4 Å². The number of ketones is 1. The van der Waals surface area contributed by atoms with E-state index in [2.05, 4.69) is 9.97 Å². The van der Waals surface area contributed by atoms with Crippen molar-refractivity contribution in [1.82, 2.24) is 9.97 Å². The number of ether oxygens (including phenoxy) is 2. The Hall–Kier alpha value is -3.00. The molecule has 0 N–H and O–H groups in total. The van der Waals surface area contributed by atoms with Gasteiger partial charge in [0.2, 0.25) is 5.88 Å². The van der Waals surface area contributed by atoms with Gasteiger partial charge in [0, 0.05) is 49.5 Å². The maximum absolute atomic E-state index is 13.3. The minimum absolute atomic E-state index is 0.0177. The highest BCUT2D eigenvalue weighted by molar-refractivity contribution is 5.96. The van der Waals surface area contributed by atoms with E-state index in [0.717, 1.165) is 37.3 Å². The van der Waals surface area contributed by atoms with Crippen LogP contribution in [0, 0.1) is 11.8 Å². The molecule has 0 radical (unpaired) electrons. The Balaban J connectivity index is 1.46. The van der Waals surface area contributed by atoms with Gasteiger partial charge in [0.15, 0.2) is 5.78 Å². The van der Waals surface area contributed by atoms with Crippen molar-refractivity contribution in [1.29, 1.82) is 0 Å². The molecular weight excluding hydrogens is 457 g/mol. The summed E-state index contributed by atoms with van der Waals surface area (Å²) in [6, 6.07) is 8.99. The average molecular weight is 487 g/mol. The summed E-state index contributed by atoms with van der Waals surface area (Å²) in [4.78, 5) is 21.3. The standard InChI is InChI=1S/C27H29F3N2O3/c1-34-16-20(13-25(33)19-7-10-26(35-2)32-15-19)17-3-5-18(6-4-17)22-11-12-31-24-9-8-21(14-23(22)24)27(28,29)30/h7-12,14-15,17-18,20H,3-6,13,16H2,1-2H3/t17?,18?,20-/m0/s1. The van der Waals surface area contributed by atoms with Gasteiger partial charge in [-0.15, -0.1) is 0 Å². The second-order valence-electron chi connectivity index (χ2n) is 9.17. The quantitative estimate of drug-likeness (QED) is 0.342. The van der Waals surface area contributed by atoms with Crippen LogP contribution in [0.2, 0.25) is 0 Å². The number of aromatic nitrogens is 2. The maximum atomic E-state index is 13.3.